The fourth-order valence-electron chi connectivity index (χ4n) is 6.47. The van der Waals surface area contributed by atoms with Gasteiger partial charge in [0.05, 0.1) is 0 Å². The van der Waals surface area contributed by atoms with E-state index >= 15 is 0 Å². The normalized spacial score (nSPS) is 24.3. The Balaban J connectivity index is 1.59. The molecule has 0 saturated heterocycles. The maximum absolute atomic E-state index is 6.20. The minimum Gasteiger partial charge on any atom is -0.399 e. The molecule has 0 radical (unpaired) electrons. The van der Waals surface area contributed by atoms with Gasteiger partial charge in [-0.1, -0.05) is 82.7 Å². The Bertz CT molecular complexity index is 1300. The third-order valence-corrected chi connectivity index (χ3v) is 9.62. The van der Waals surface area contributed by atoms with Gasteiger partial charge in [-0.2, -0.15) is 0 Å². The number of halogens is 1. The summed E-state index contributed by atoms with van der Waals surface area (Å²) in [7, 11) is 0. The number of anilines is 1. The van der Waals surface area contributed by atoms with Gasteiger partial charge in [0.1, 0.15) is 0 Å². The van der Waals surface area contributed by atoms with Crippen LogP contribution in [0.15, 0.2) is 72.3 Å². The molecule has 0 aromatic heterocycles. The average Bonchev–Trinajstić information content (AvgIpc) is 3.07. The molecule has 2 aliphatic rings. The predicted molar refractivity (Wildman–Crippen MR) is 150 cm³/mol. The second-order valence-electron chi connectivity index (χ2n) is 11.4. The lowest BCUT2D eigenvalue weighted by Crippen LogP contribution is -2.34. The van der Waals surface area contributed by atoms with Crippen LogP contribution in [0.3, 0.4) is 0 Å². The standard InChI is InChI=1S/C31H34IN/c1-19(15-27-23-13-12-21(33)17-28(23)30(4,5)29(27,2)3)18-31(6)25-10-8-7-9-22(25)24-16-20(32)11-14-26(24)31/h7-17,27H,18,33H2,1-6H3/b19-15+. The van der Waals surface area contributed by atoms with E-state index in [1.165, 1.54) is 42.5 Å². The van der Waals surface area contributed by atoms with Crippen molar-refractivity contribution in [1.29, 1.82) is 0 Å². The molecule has 0 heterocycles. The maximum Gasteiger partial charge on any atom is 0.0317 e. The maximum atomic E-state index is 6.20. The zero-order valence-corrected chi connectivity index (χ0v) is 22.7. The van der Waals surface area contributed by atoms with E-state index in [0.717, 1.165) is 12.1 Å². The smallest absolute Gasteiger partial charge is 0.0317 e. The van der Waals surface area contributed by atoms with Crippen molar-refractivity contribution in [2.24, 2.45) is 5.41 Å². The quantitative estimate of drug-likeness (QED) is 0.198. The number of rotatable bonds is 3. The number of fused-ring (bicyclic) bond motifs is 4. The highest BCUT2D eigenvalue weighted by atomic mass is 127. The molecule has 2 heteroatoms. The fraction of sp³-hybridized carbons (Fsp3) is 0.355. The molecule has 0 amide bonds. The summed E-state index contributed by atoms with van der Waals surface area (Å²) in [5, 5.41) is 0. The van der Waals surface area contributed by atoms with Crippen molar-refractivity contribution in [2.45, 2.75) is 64.7 Å². The van der Waals surface area contributed by atoms with E-state index in [1.54, 1.807) is 0 Å². The van der Waals surface area contributed by atoms with Crippen molar-refractivity contribution >= 4 is 28.3 Å². The van der Waals surface area contributed by atoms with E-state index in [0.29, 0.717) is 5.92 Å². The zero-order chi connectivity index (χ0) is 23.8. The van der Waals surface area contributed by atoms with E-state index < -0.39 is 0 Å². The summed E-state index contributed by atoms with van der Waals surface area (Å²) >= 11 is 2.43. The summed E-state index contributed by atoms with van der Waals surface area (Å²) in [5.41, 5.74) is 17.2. The van der Waals surface area contributed by atoms with Gasteiger partial charge < -0.3 is 5.73 Å². The molecule has 5 rings (SSSR count). The van der Waals surface area contributed by atoms with Gasteiger partial charge in [0.15, 0.2) is 0 Å². The van der Waals surface area contributed by atoms with Crippen molar-refractivity contribution < 1.29 is 0 Å². The molecule has 3 aromatic carbocycles. The van der Waals surface area contributed by atoms with Gasteiger partial charge in [-0.25, -0.2) is 0 Å². The lowest BCUT2D eigenvalue weighted by Gasteiger charge is -2.39. The van der Waals surface area contributed by atoms with Gasteiger partial charge in [-0.15, -0.1) is 0 Å². The fourth-order valence-corrected chi connectivity index (χ4v) is 6.96. The van der Waals surface area contributed by atoms with Crippen LogP contribution in [0.5, 0.6) is 0 Å². The molecule has 0 bridgehead atoms. The van der Waals surface area contributed by atoms with Crippen molar-refractivity contribution in [3.63, 3.8) is 0 Å². The van der Waals surface area contributed by atoms with Crippen LogP contribution >= 0.6 is 22.6 Å². The Labute approximate surface area is 212 Å². The molecule has 2 atom stereocenters. The largest absolute Gasteiger partial charge is 0.399 e. The van der Waals surface area contributed by atoms with E-state index in [9.17, 15) is 0 Å². The van der Waals surface area contributed by atoms with E-state index in [1.807, 2.05) is 0 Å². The molecule has 2 aliphatic carbocycles. The van der Waals surface area contributed by atoms with E-state index in [-0.39, 0.29) is 16.2 Å². The number of benzene rings is 3. The van der Waals surface area contributed by atoms with E-state index in [4.69, 9.17) is 5.73 Å². The summed E-state index contributed by atoms with van der Waals surface area (Å²) in [4.78, 5) is 0. The molecule has 1 nitrogen and oxygen atoms in total. The minimum absolute atomic E-state index is 0.0148. The highest BCUT2D eigenvalue weighted by molar-refractivity contribution is 14.1. The summed E-state index contributed by atoms with van der Waals surface area (Å²) in [6.45, 7) is 14.3. The van der Waals surface area contributed by atoms with Gasteiger partial charge in [-0.3, -0.25) is 0 Å². The number of hydrogen-bond acceptors (Lipinski definition) is 1. The van der Waals surface area contributed by atoms with Gasteiger partial charge in [-0.05, 0) is 104 Å². The van der Waals surface area contributed by atoms with Crippen LogP contribution in [-0.2, 0) is 10.8 Å². The number of nitrogen functional groups attached to an aromatic ring is 1. The number of hydrogen-bond donors (Lipinski definition) is 1. The Morgan fingerprint density at radius 1 is 0.879 bits per heavy atom. The Kier molecular flexibility index (Phi) is 5.14. The van der Waals surface area contributed by atoms with Crippen LogP contribution in [-0.4, -0.2) is 0 Å². The van der Waals surface area contributed by atoms with Crippen LogP contribution in [0.1, 0.15) is 76.1 Å². The van der Waals surface area contributed by atoms with Crippen LogP contribution < -0.4 is 5.73 Å². The van der Waals surface area contributed by atoms with Crippen LogP contribution in [0.2, 0.25) is 0 Å². The van der Waals surface area contributed by atoms with Crippen molar-refractivity contribution in [1.82, 2.24) is 0 Å². The Hall–Kier alpha value is -2.07. The molecule has 33 heavy (non-hydrogen) atoms. The highest BCUT2D eigenvalue weighted by Gasteiger charge is 2.51. The SMILES string of the molecule is C/C(=C\C1c2ccc(N)cc2C(C)(C)C1(C)C)CC1(C)c2ccccc2-c2cc(I)ccc21. The first kappa shape index (κ1) is 22.7. The molecule has 0 spiro atoms. The topological polar surface area (TPSA) is 26.0 Å². The van der Waals surface area contributed by atoms with Gasteiger partial charge in [0.2, 0.25) is 0 Å². The number of allylic oxidation sites excluding steroid dienone is 2. The second-order valence-corrected chi connectivity index (χ2v) is 12.7. The van der Waals surface area contributed by atoms with Crippen LogP contribution in [0.4, 0.5) is 5.69 Å². The van der Waals surface area contributed by atoms with Gasteiger partial charge in [0, 0.05) is 20.6 Å². The van der Waals surface area contributed by atoms with Crippen molar-refractivity contribution in [3.8, 4) is 11.1 Å². The molecular weight excluding hydrogens is 513 g/mol. The molecule has 3 aromatic rings. The van der Waals surface area contributed by atoms with E-state index in [2.05, 4.69) is 131 Å². The van der Waals surface area contributed by atoms with Crippen LogP contribution in [0, 0.1) is 8.99 Å². The first-order chi connectivity index (χ1) is 15.5. The predicted octanol–water partition coefficient (Wildman–Crippen LogP) is 8.60. The number of nitrogens with two attached hydrogens (primary N) is 1. The van der Waals surface area contributed by atoms with Crippen molar-refractivity contribution in [3.05, 3.63) is 98.1 Å². The third kappa shape index (κ3) is 3.24. The molecule has 0 aliphatic heterocycles. The summed E-state index contributed by atoms with van der Waals surface area (Å²) in [6.07, 6.45) is 3.58. The second kappa shape index (κ2) is 7.46. The summed E-state index contributed by atoms with van der Waals surface area (Å²) in [5.74, 6) is 0.375. The minimum atomic E-state index is -0.0148. The summed E-state index contributed by atoms with van der Waals surface area (Å²) < 4.78 is 1.29. The average molecular weight is 548 g/mol. The Morgan fingerprint density at radius 3 is 2.33 bits per heavy atom. The lowest BCUT2D eigenvalue weighted by atomic mass is 9.64. The third-order valence-electron chi connectivity index (χ3n) is 8.95. The van der Waals surface area contributed by atoms with Gasteiger partial charge >= 0.3 is 0 Å². The first-order valence-electron chi connectivity index (χ1n) is 11.9. The summed E-state index contributed by atoms with van der Waals surface area (Å²) in [6, 6.07) is 22.5. The molecule has 0 fully saturated rings. The lowest BCUT2D eigenvalue weighted by molar-refractivity contribution is 0.203. The van der Waals surface area contributed by atoms with Crippen LogP contribution in [0.25, 0.3) is 11.1 Å². The molecule has 2 unspecified atom stereocenters. The highest BCUT2D eigenvalue weighted by Crippen LogP contribution is 2.60. The molecule has 170 valence electrons. The molecule has 0 saturated carbocycles. The zero-order valence-electron chi connectivity index (χ0n) is 20.6. The first-order valence-corrected chi connectivity index (χ1v) is 13.0. The molecule has 2 N–H and O–H groups in total. The van der Waals surface area contributed by atoms with Crippen molar-refractivity contribution in [2.75, 3.05) is 5.73 Å². The van der Waals surface area contributed by atoms with Gasteiger partial charge in [0.25, 0.3) is 0 Å². The molecular formula is C31H34IN. The Morgan fingerprint density at radius 2 is 1.58 bits per heavy atom. The monoisotopic (exact) mass is 547 g/mol.